The molecule has 122 valence electrons. The van der Waals surface area contributed by atoms with Crippen LogP contribution in [0.3, 0.4) is 0 Å². The molecule has 0 bridgehead atoms. The van der Waals surface area contributed by atoms with Crippen molar-refractivity contribution in [2.45, 2.75) is 12.8 Å². The van der Waals surface area contributed by atoms with E-state index in [-0.39, 0.29) is 17.0 Å². The lowest BCUT2D eigenvalue weighted by Gasteiger charge is -2.26. The van der Waals surface area contributed by atoms with Crippen LogP contribution >= 0.6 is 0 Å². The van der Waals surface area contributed by atoms with E-state index in [2.05, 4.69) is 11.1 Å². The van der Waals surface area contributed by atoms with Crippen molar-refractivity contribution in [1.82, 2.24) is 4.98 Å². The predicted octanol–water partition coefficient (Wildman–Crippen LogP) is 3.05. The zero-order chi connectivity index (χ0) is 17.6. The highest BCUT2D eigenvalue weighted by atomic mass is 16.5. The minimum atomic E-state index is -0.553. The van der Waals surface area contributed by atoms with E-state index in [0.717, 1.165) is 16.5 Å². The number of benzene rings is 2. The van der Waals surface area contributed by atoms with Crippen molar-refractivity contribution >= 4 is 10.9 Å². The Bertz CT molecular complexity index is 1120. The Kier molecular flexibility index (Phi) is 3.33. The molecule has 0 amide bonds. The van der Waals surface area contributed by atoms with Crippen molar-refractivity contribution in [3.05, 3.63) is 87.0 Å². The highest BCUT2D eigenvalue weighted by Gasteiger charge is 2.34. The number of nitrogens with one attached hydrogen (secondary N) is 1. The summed E-state index contributed by atoms with van der Waals surface area (Å²) in [5, 5.41) is 10.4. The number of hydrogen-bond acceptors (Lipinski definition) is 4. The summed E-state index contributed by atoms with van der Waals surface area (Å²) in [6, 6.07) is 17.2. The molecule has 25 heavy (non-hydrogen) atoms. The second-order valence-corrected chi connectivity index (χ2v) is 6.08. The van der Waals surface area contributed by atoms with E-state index < -0.39 is 5.92 Å². The first-order chi connectivity index (χ1) is 12.1. The molecule has 3 aromatic rings. The third-order valence-corrected chi connectivity index (χ3v) is 4.50. The number of rotatable bonds is 1. The molecule has 3 N–H and O–H groups in total. The van der Waals surface area contributed by atoms with Gasteiger partial charge in [-0.3, -0.25) is 4.79 Å². The van der Waals surface area contributed by atoms with Crippen LogP contribution in [0.5, 0.6) is 5.75 Å². The van der Waals surface area contributed by atoms with Crippen molar-refractivity contribution in [1.29, 1.82) is 5.26 Å². The van der Waals surface area contributed by atoms with Gasteiger partial charge in [0.05, 0.1) is 17.0 Å². The van der Waals surface area contributed by atoms with E-state index in [1.165, 1.54) is 0 Å². The van der Waals surface area contributed by atoms with Crippen LogP contribution in [0.1, 0.15) is 22.6 Å². The van der Waals surface area contributed by atoms with Gasteiger partial charge in [0.25, 0.3) is 5.56 Å². The first kappa shape index (κ1) is 15.0. The number of aryl methyl sites for hydroxylation is 1. The summed E-state index contributed by atoms with van der Waals surface area (Å²) in [5.41, 5.74) is 9.00. The van der Waals surface area contributed by atoms with Gasteiger partial charge in [-0.2, -0.15) is 5.26 Å². The Morgan fingerprint density at radius 2 is 1.88 bits per heavy atom. The van der Waals surface area contributed by atoms with Gasteiger partial charge in [0.1, 0.15) is 17.4 Å². The van der Waals surface area contributed by atoms with E-state index >= 15 is 0 Å². The lowest BCUT2D eigenvalue weighted by molar-refractivity contribution is 0.397. The van der Waals surface area contributed by atoms with E-state index in [1.807, 2.05) is 49.4 Å². The Morgan fingerprint density at radius 1 is 1.16 bits per heavy atom. The lowest BCUT2D eigenvalue weighted by atomic mass is 9.83. The molecule has 1 aliphatic heterocycles. The van der Waals surface area contributed by atoms with Gasteiger partial charge in [-0.05, 0) is 24.6 Å². The number of aromatic amines is 1. The Balaban J connectivity index is 2.08. The number of pyridine rings is 1. The second-order valence-electron chi connectivity index (χ2n) is 6.08. The van der Waals surface area contributed by atoms with Crippen molar-refractivity contribution in [2.75, 3.05) is 0 Å². The lowest BCUT2D eigenvalue weighted by Crippen LogP contribution is -2.27. The maximum Gasteiger partial charge on any atom is 0.256 e. The van der Waals surface area contributed by atoms with Gasteiger partial charge < -0.3 is 15.5 Å². The molecule has 5 heteroatoms. The Labute approximate surface area is 144 Å². The molecular weight excluding hydrogens is 314 g/mol. The fourth-order valence-electron chi connectivity index (χ4n) is 3.26. The molecule has 0 unspecified atom stereocenters. The molecular formula is C20H15N3O2. The molecule has 0 saturated carbocycles. The molecule has 2 heterocycles. The van der Waals surface area contributed by atoms with Crippen LogP contribution in [-0.4, -0.2) is 4.98 Å². The van der Waals surface area contributed by atoms with Crippen molar-refractivity contribution in [2.24, 2.45) is 5.73 Å². The molecule has 2 aromatic carbocycles. The number of H-pyrrole nitrogens is 1. The standard InChI is InChI=1S/C20H15N3O2/c1-11-6-8-12(9-7-11)16-14(10-21)19(22)25-18-13-4-2-3-5-15(13)23-20(24)17(16)18/h2-9,16H,22H2,1H3,(H,23,24)/t16-/m1/s1. The summed E-state index contributed by atoms with van der Waals surface area (Å²) in [7, 11) is 0. The minimum Gasteiger partial charge on any atom is -0.439 e. The summed E-state index contributed by atoms with van der Waals surface area (Å²) >= 11 is 0. The van der Waals surface area contributed by atoms with Gasteiger partial charge in [-0.15, -0.1) is 0 Å². The zero-order valence-electron chi connectivity index (χ0n) is 13.5. The van der Waals surface area contributed by atoms with Gasteiger partial charge in [0.2, 0.25) is 5.88 Å². The number of nitrogens with zero attached hydrogens (tertiary/aromatic N) is 1. The number of allylic oxidation sites excluding steroid dienone is 1. The monoisotopic (exact) mass is 329 g/mol. The van der Waals surface area contributed by atoms with Crippen molar-refractivity contribution in [3.63, 3.8) is 0 Å². The quantitative estimate of drug-likeness (QED) is 0.718. The first-order valence-corrected chi connectivity index (χ1v) is 7.89. The molecule has 0 radical (unpaired) electrons. The van der Waals surface area contributed by atoms with Crippen molar-refractivity contribution < 1.29 is 4.74 Å². The molecule has 1 aromatic heterocycles. The van der Waals surface area contributed by atoms with Gasteiger partial charge in [0.15, 0.2) is 0 Å². The van der Waals surface area contributed by atoms with Crippen LogP contribution < -0.4 is 16.0 Å². The van der Waals surface area contributed by atoms with E-state index in [4.69, 9.17) is 10.5 Å². The minimum absolute atomic E-state index is 0.0383. The highest BCUT2D eigenvalue weighted by molar-refractivity contribution is 5.87. The number of para-hydroxylation sites is 1. The summed E-state index contributed by atoms with van der Waals surface area (Å²) in [4.78, 5) is 15.7. The third-order valence-electron chi connectivity index (χ3n) is 4.50. The van der Waals surface area contributed by atoms with Crippen molar-refractivity contribution in [3.8, 4) is 11.8 Å². The summed E-state index contributed by atoms with van der Waals surface area (Å²) < 4.78 is 5.72. The highest BCUT2D eigenvalue weighted by Crippen LogP contribution is 2.42. The average Bonchev–Trinajstić information content (AvgIpc) is 2.61. The molecule has 0 aliphatic carbocycles. The Hall–Kier alpha value is -3.52. The first-order valence-electron chi connectivity index (χ1n) is 7.89. The molecule has 0 saturated heterocycles. The smallest absolute Gasteiger partial charge is 0.256 e. The molecule has 1 aliphatic rings. The van der Waals surface area contributed by atoms with Crippen LogP contribution in [-0.2, 0) is 0 Å². The number of nitriles is 1. The molecule has 1 atom stereocenters. The fraction of sp³-hybridized carbons (Fsp3) is 0.100. The maximum absolute atomic E-state index is 12.8. The topological polar surface area (TPSA) is 91.9 Å². The summed E-state index contributed by atoms with van der Waals surface area (Å²) in [5.74, 6) is -0.0968. The molecule has 0 fully saturated rings. The number of aromatic nitrogens is 1. The van der Waals surface area contributed by atoms with E-state index in [9.17, 15) is 10.1 Å². The fourth-order valence-corrected chi connectivity index (χ4v) is 3.26. The Morgan fingerprint density at radius 3 is 2.60 bits per heavy atom. The van der Waals surface area contributed by atoms with Crippen LogP contribution in [0.15, 0.2) is 64.8 Å². The average molecular weight is 329 g/mol. The number of hydrogen-bond donors (Lipinski definition) is 2. The van der Waals surface area contributed by atoms with Crippen LogP contribution in [0.2, 0.25) is 0 Å². The van der Waals surface area contributed by atoms with Gasteiger partial charge in [-0.25, -0.2) is 0 Å². The largest absolute Gasteiger partial charge is 0.439 e. The van der Waals surface area contributed by atoms with Crippen LogP contribution in [0, 0.1) is 18.3 Å². The maximum atomic E-state index is 12.8. The number of nitrogens with two attached hydrogens (primary N) is 1. The molecule has 5 nitrogen and oxygen atoms in total. The zero-order valence-corrected chi connectivity index (χ0v) is 13.5. The van der Waals surface area contributed by atoms with E-state index in [0.29, 0.717) is 16.8 Å². The van der Waals surface area contributed by atoms with Gasteiger partial charge in [-0.1, -0.05) is 42.0 Å². The normalized spacial score (nSPS) is 16.2. The SMILES string of the molecule is Cc1ccc([C@@H]2C(C#N)=C(N)Oc3c2c(=O)[nH]c2ccccc32)cc1. The second kappa shape index (κ2) is 5.53. The van der Waals surface area contributed by atoms with Gasteiger partial charge >= 0.3 is 0 Å². The predicted molar refractivity (Wildman–Crippen MR) is 95.0 cm³/mol. The third kappa shape index (κ3) is 2.27. The van der Waals surface area contributed by atoms with Crippen LogP contribution in [0.25, 0.3) is 10.9 Å². The number of ether oxygens (including phenoxy) is 1. The molecule has 4 rings (SSSR count). The molecule has 0 spiro atoms. The summed E-state index contributed by atoms with van der Waals surface area (Å²) in [6.07, 6.45) is 0. The van der Waals surface area contributed by atoms with Crippen LogP contribution in [0.4, 0.5) is 0 Å². The number of fused-ring (bicyclic) bond motifs is 3. The summed E-state index contributed by atoms with van der Waals surface area (Å²) in [6.45, 7) is 1.98. The van der Waals surface area contributed by atoms with Gasteiger partial charge in [0, 0.05) is 5.39 Å². The van der Waals surface area contributed by atoms with E-state index in [1.54, 1.807) is 6.07 Å².